The lowest BCUT2D eigenvalue weighted by atomic mass is 9.73. The molecule has 0 radical (unpaired) electrons. The van der Waals surface area contributed by atoms with E-state index in [4.69, 9.17) is 12.2 Å². The zero-order chi connectivity index (χ0) is 21.2. The van der Waals surface area contributed by atoms with E-state index in [1.165, 1.54) is 36.6 Å². The average Bonchev–Trinajstić information content (AvgIpc) is 3.35. The molecule has 4 aliphatic heterocycles. The summed E-state index contributed by atoms with van der Waals surface area (Å²) in [6.07, 6.45) is 9.02. The van der Waals surface area contributed by atoms with Crippen molar-refractivity contribution in [2.24, 2.45) is 11.8 Å². The number of para-hydroxylation sites is 1. The molecule has 4 saturated heterocycles. The Labute approximate surface area is 190 Å². The van der Waals surface area contributed by atoms with Crippen molar-refractivity contribution in [3.05, 3.63) is 54.7 Å². The van der Waals surface area contributed by atoms with Gasteiger partial charge in [0, 0.05) is 36.8 Å². The third-order valence-corrected chi connectivity index (χ3v) is 7.78. The van der Waals surface area contributed by atoms with Crippen molar-refractivity contribution in [3.63, 3.8) is 0 Å². The van der Waals surface area contributed by atoms with E-state index >= 15 is 0 Å². The van der Waals surface area contributed by atoms with Crippen LogP contribution in [0.15, 0.2) is 49.2 Å². The second-order valence-electron chi connectivity index (χ2n) is 9.29. The predicted molar refractivity (Wildman–Crippen MR) is 131 cm³/mol. The molecule has 0 saturated carbocycles. The van der Waals surface area contributed by atoms with Gasteiger partial charge in [0.25, 0.3) is 0 Å². The first-order chi connectivity index (χ1) is 15.2. The second kappa shape index (κ2) is 9.23. The Hall–Kier alpha value is -2.02. The Kier molecular flexibility index (Phi) is 6.21. The summed E-state index contributed by atoms with van der Waals surface area (Å²) < 4.78 is 0. The first kappa shape index (κ1) is 20.9. The van der Waals surface area contributed by atoms with E-state index in [0.717, 1.165) is 36.8 Å². The quantitative estimate of drug-likeness (QED) is 0.478. The van der Waals surface area contributed by atoms with E-state index in [-0.39, 0.29) is 6.04 Å². The van der Waals surface area contributed by atoms with Gasteiger partial charge in [-0.05, 0) is 80.5 Å². The molecule has 2 aromatic rings. The molecule has 3 N–H and O–H groups in total. The molecule has 2 bridgehead atoms. The molecule has 6 atom stereocenters. The van der Waals surface area contributed by atoms with Gasteiger partial charge in [-0.2, -0.15) is 0 Å². The van der Waals surface area contributed by atoms with Crippen molar-refractivity contribution in [1.29, 1.82) is 0 Å². The normalized spacial score (nSPS) is 30.8. The number of piperidine rings is 3. The molecule has 1 aromatic heterocycles. The minimum absolute atomic E-state index is 0.137. The lowest BCUT2D eigenvalue weighted by Crippen LogP contribution is -2.58. The third kappa shape index (κ3) is 4.34. The zero-order valence-corrected chi connectivity index (χ0v) is 18.9. The summed E-state index contributed by atoms with van der Waals surface area (Å²) in [7, 11) is 0. The smallest absolute Gasteiger partial charge is 0.166 e. The highest BCUT2D eigenvalue weighted by atomic mass is 32.1. The fraction of sp³-hybridized carbons (Fsp3) is 0.520. The van der Waals surface area contributed by atoms with Crippen molar-refractivity contribution in [3.8, 4) is 0 Å². The van der Waals surface area contributed by atoms with E-state index in [2.05, 4.69) is 68.8 Å². The first-order valence-corrected chi connectivity index (χ1v) is 12.1. The molecular formula is C25H33N5S. The van der Waals surface area contributed by atoms with Crippen LogP contribution in [0.4, 0.5) is 0 Å². The van der Waals surface area contributed by atoms with Crippen LogP contribution in [0.5, 0.6) is 0 Å². The van der Waals surface area contributed by atoms with Crippen LogP contribution < -0.4 is 16.0 Å². The fourth-order valence-corrected chi connectivity index (χ4v) is 6.04. The van der Waals surface area contributed by atoms with Crippen molar-refractivity contribution in [2.45, 2.75) is 43.8 Å². The molecular weight excluding hydrogens is 402 g/mol. The summed E-state index contributed by atoms with van der Waals surface area (Å²) in [6.45, 7) is 8.35. The van der Waals surface area contributed by atoms with Gasteiger partial charge in [-0.15, -0.1) is 6.58 Å². The molecule has 4 fully saturated rings. The third-order valence-electron chi connectivity index (χ3n) is 7.51. The number of hydrogen-bond donors (Lipinski definition) is 3. The minimum atomic E-state index is 0.137. The zero-order valence-electron chi connectivity index (χ0n) is 18.1. The van der Waals surface area contributed by atoms with Crippen LogP contribution in [0.3, 0.4) is 0 Å². The molecule has 6 heteroatoms. The highest BCUT2D eigenvalue weighted by molar-refractivity contribution is 7.80. The van der Waals surface area contributed by atoms with E-state index in [1.54, 1.807) is 0 Å². The number of aromatic nitrogens is 1. The van der Waals surface area contributed by atoms with Gasteiger partial charge < -0.3 is 16.0 Å². The number of hydrogen-bond acceptors (Lipinski definition) is 4. The SMILES string of the molecule is C=CC1CN2CCC1CC2C(NC(=S)NCC1CCCN1)c1ccnc2ccccc12. The van der Waals surface area contributed by atoms with E-state index in [1.807, 2.05) is 6.20 Å². The number of nitrogens with one attached hydrogen (secondary N) is 3. The summed E-state index contributed by atoms with van der Waals surface area (Å²) >= 11 is 5.79. The van der Waals surface area contributed by atoms with E-state index < -0.39 is 0 Å². The van der Waals surface area contributed by atoms with Crippen LogP contribution in [0, 0.1) is 11.8 Å². The Balaban J connectivity index is 1.41. The summed E-state index contributed by atoms with van der Waals surface area (Å²) in [5.41, 5.74) is 2.34. The molecule has 6 unspecified atom stereocenters. The van der Waals surface area contributed by atoms with Gasteiger partial charge in [0.2, 0.25) is 0 Å². The number of rotatable bonds is 6. The van der Waals surface area contributed by atoms with Crippen LogP contribution in [0.2, 0.25) is 0 Å². The predicted octanol–water partition coefficient (Wildman–Crippen LogP) is 3.39. The monoisotopic (exact) mass is 435 g/mol. The number of thiocarbonyl (C=S) groups is 1. The van der Waals surface area contributed by atoms with Gasteiger partial charge in [0.1, 0.15) is 0 Å². The van der Waals surface area contributed by atoms with Crippen molar-refractivity contribution in [1.82, 2.24) is 25.8 Å². The van der Waals surface area contributed by atoms with Crippen molar-refractivity contribution >= 4 is 28.2 Å². The number of nitrogens with zero attached hydrogens (tertiary/aromatic N) is 2. The standard InChI is InChI=1S/C25H33N5S/c1-2-17-16-30-13-10-18(17)14-23(30)24(29-25(31)28-15-19-6-5-11-26-19)21-9-12-27-22-8-4-3-7-20(21)22/h2-4,7-9,12,17-19,23-24,26H,1,5-6,10-11,13-16H2,(H2,28,29,31). The Morgan fingerprint density at radius 3 is 3.00 bits per heavy atom. The Morgan fingerprint density at radius 2 is 2.23 bits per heavy atom. The molecule has 6 rings (SSSR count). The van der Waals surface area contributed by atoms with Crippen LogP contribution in [0.1, 0.15) is 37.3 Å². The molecule has 1 aromatic carbocycles. The van der Waals surface area contributed by atoms with Gasteiger partial charge in [-0.3, -0.25) is 9.88 Å². The number of pyridine rings is 1. The van der Waals surface area contributed by atoms with Gasteiger partial charge in [0.05, 0.1) is 11.6 Å². The van der Waals surface area contributed by atoms with Crippen molar-refractivity contribution < 1.29 is 0 Å². The van der Waals surface area contributed by atoms with Gasteiger partial charge in [-0.1, -0.05) is 24.3 Å². The summed E-state index contributed by atoms with van der Waals surface area (Å²) in [5, 5.41) is 12.7. The van der Waals surface area contributed by atoms with E-state index in [0.29, 0.717) is 23.9 Å². The maximum atomic E-state index is 5.79. The van der Waals surface area contributed by atoms with Gasteiger partial charge >= 0.3 is 0 Å². The largest absolute Gasteiger partial charge is 0.361 e. The maximum absolute atomic E-state index is 5.79. The number of benzene rings is 1. The van der Waals surface area contributed by atoms with Crippen molar-refractivity contribution in [2.75, 3.05) is 26.2 Å². The Morgan fingerprint density at radius 1 is 1.32 bits per heavy atom. The maximum Gasteiger partial charge on any atom is 0.166 e. The molecule has 164 valence electrons. The summed E-state index contributed by atoms with van der Waals surface area (Å²) in [6, 6.07) is 11.7. The molecule has 0 aliphatic carbocycles. The molecule has 0 spiro atoms. The van der Waals surface area contributed by atoms with E-state index in [9.17, 15) is 0 Å². The average molecular weight is 436 g/mol. The van der Waals surface area contributed by atoms with Crippen LogP contribution in [-0.2, 0) is 0 Å². The highest BCUT2D eigenvalue weighted by Crippen LogP contribution is 2.42. The molecule has 31 heavy (non-hydrogen) atoms. The molecule has 5 nitrogen and oxygen atoms in total. The van der Waals surface area contributed by atoms with Gasteiger partial charge in [0.15, 0.2) is 5.11 Å². The van der Waals surface area contributed by atoms with Gasteiger partial charge in [-0.25, -0.2) is 0 Å². The summed E-state index contributed by atoms with van der Waals surface area (Å²) in [4.78, 5) is 7.25. The van der Waals surface area contributed by atoms with Crippen LogP contribution in [-0.4, -0.2) is 53.3 Å². The first-order valence-electron chi connectivity index (χ1n) is 11.7. The lowest BCUT2D eigenvalue weighted by molar-refractivity contribution is 0.00430. The fourth-order valence-electron chi connectivity index (χ4n) is 5.83. The molecule has 4 aliphatic rings. The highest BCUT2D eigenvalue weighted by Gasteiger charge is 2.43. The second-order valence-corrected chi connectivity index (χ2v) is 9.70. The molecule has 0 amide bonds. The Bertz CT molecular complexity index is 935. The molecule has 5 heterocycles. The lowest BCUT2D eigenvalue weighted by Gasteiger charge is -2.52. The summed E-state index contributed by atoms with van der Waals surface area (Å²) in [5.74, 6) is 1.33. The van der Waals surface area contributed by atoms with Crippen LogP contribution >= 0.6 is 12.2 Å². The number of fused-ring (bicyclic) bond motifs is 4. The topological polar surface area (TPSA) is 52.2 Å². The van der Waals surface area contributed by atoms with Crippen LogP contribution in [0.25, 0.3) is 10.9 Å². The minimum Gasteiger partial charge on any atom is -0.361 e.